The summed E-state index contributed by atoms with van der Waals surface area (Å²) in [5.41, 5.74) is 1.64. The van der Waals surface area contributed by atoms with Crippen LogP contribution >= 0.6 is 11.8 Å². The van der Waals surface area contributed by atoms with Crippen molar-refractivity contribution in [1.29, 1.82) is 0 Å². The van der Waals surface area contributed by atoms with E-state index in [0.29, 0.717) is 10.8 Å². The molecule has 0 saturated heterocycles. The Bertz CT molecular complexity index is 738. The fourth-order valence-electron chi connectivity index (χ4n) is 2.06. The zero-order valence-corrected chi connectivity index (χ0v) is 14.2. The van der Waals surface area contributed by atoms with Crippen LogP contribution in [0.25, 0.3) is 11.0 Å². The van der Waals surface area contributed by atoms with E-state index in [2.05, 4.69) is 30.3 Å². The monoisotopic (exact) mass is 327 g/mol. The fourth-order valence-corrected chi connectivity index (χ4v) is 3.59. The van der Waals surface area contributed by atoms with Crippen LogP contribution in [-0.2, 0) is 16.6 Å². The standard InChI is InChI=1S/C14H21N3O2S2/c1-4-8-17-13-7-6-11(21(15,18)19)9-12(13)16-14(17)20-10(3)5-2/h6-7,9-10H,4-5,8H2,1-3H3,(H2,15,18,19)/t10-/m0/s1. The average molecular weight is 327 g/mol. The molecule has 0 aliphatic heterocycles. The Labute approximate surface area is 130 Å². The number of rotatable bonds is 6. The maximum Gasteiger partial charge on any atom is 0.238 e. The molecule has 0 aliphatic rings. The molecule has 0 bridgehead atoms. The van der Waals surface area contributed by atoms with E-state index < -0.39 is 10.0 Å². The minimum atomic E-state index is -3.69. The van der Waals surface area contributed by atoms with Gasteiger partial charge in [-0.25, -0.2) is 18.5 Å². The van der Waals surface area contributed by atoms with E-state index in [4.69, 9.17) is 5.14 Å². The third kappa shape index (κ3) is 3.59. The summed E-state index contributed by atoms with van der Waals surface area (Å²) >= 11 is 1.72. The lowest BCUT2D eigenvalue weighted by Gasteiger charge is -2.10. The summed E-state index contributed by atoms with van der Waals surface area (Å²) in [6, 6.07) is 4.89. The van der Waals surface area contributed by atoms with Gasteiger partial charge in [-0.2, -0.15) is 0 Å². The molecule has 7 heteroatoms. The number of benzene rings is 1. The van der Waals surface area contributed by atoms with E-state index >= 15 is 0 Å². The second-order valence-corrected chi connectivity index (χ2v) is 8.05. The van der Waals surface area contributed by atoms with Gasteiger partial charge < -0.3 is 4.57 Å². The number of aryl methyl sites for hydroxylation is 1. The molecule has 1 aromatic heterocycles. The molecule has 0 saturated carbocycles. The maximum absolute atomic E-state index is 11.5. The summed E-state index contributed by atoms with van der Waals surface area (Å²) < 4.78 is 25.1. The van der Waals surface area contributed by atoms with Crippen molar-refractivity contribution in [3.63, 3.8) is 0 Å². The molecule has 5 nitrogen and oxygen atoms in total. The van der Waals surface area contributed by atoms with E-state index in [1.54, 1.807) is 30.0 Å². The zero-order chi connectivity index (χ0) is 15.6. The highest BCUT2D eigenvalue weighted by molar-refractivity contribution is 7.99. The summed E-state index contributed by atoms with van der Waals surface area (Å²) in [5, 5.41) is 6.59. The van der Waals surface area contributed by atoms with Crippen molar-refractivity contribution in [1.82, 2.24) is 9.55 Å². The number of sulfonamides is 1. The Morgan fingerprint density at radius 1 is 1.38 bits per heavy atom. The molecule has 0 aliphatic carbocycles. The molecule has 1 atom stereocenters. The lowest BCUT2D eigenvalue weighted by atomic mass is 10.3. The minimum Gasteiger partial charge on any atom is -0.319 e. The van der Waals surface area contributed by atoms with E-state index in [-0.39, 0.29) is 4.90 Å². The number of primary sulfonamides is 1. The van der Waals surface area contributed by atoms with Crippen LogP contribution in [0.1, 0.15) is 33.6 Å². The van der Waals surface area contributed by atoms with Crippen molar-refractivity contribution in [2.45, 2.75) is 55.5 Å². The second kappa shape index (κ2) is 6.37. The smallest absolute Gasteiger partial charge is 0.238 e. The number of nitrogens with zero attached hydrogens (tertiary/aromatic N) is 2. The van der Waals surface area contributed by atoms with Crippen LogP contribution in [0.15, 0.2) is 28.3 Å². The number of nitrogens with two attached hydrogens (primary N) is 1. The quantitative estimate of drug-likeness (QED) is 0.827. The van der Waals surface area contributed by atoms with Gasteiger partial charge in [0, 0.05) is 11.8 Å². The number of aromatic nitrogens is 2. The van der Waals surface area contributed by atoms with Crippen molar-refractivity contribution in [3.05, 3.63) is 18.2 Å². The summed E-state index contributed by atoms with van der Waals surface area (Å²) in [4.78, 5) is 4.71. The van der Waals surface area contributed by atoms with Crippen LogP contribution in [0.2, 0.25) is 0 Å². The molecule has 2 N–H and O–H groups in total. The molecule has 0 unspecified atom stereocenters. The van der Waals surface area contributed by atoms with Gasteiger partial charge in [0.25, 0.3) is 0 Å². The Morgan fingerprint density at radius 2 is 2.10 bits per heavy atom. The van der Waals surface area contributed by atoms with Gasteiger partial charge in [-0.1, -0.05) is 32.5 Å². The molecule has 1 heterocycles. The highest BCUT2D eigenvalue weighted by atomic mass is 32.2. The molecule has 21 heavy (non-hydrogen) atoms. The lowest BCUT2D eigenvalue weighted by molar-refractivity contribution is 0.598. The molecule has 0 spiro atoms. The van der Waals surface area contributed by atoms with Gasteiger partial charge in [-0.15, -0.1) is 0 Å². The van der Waals surface area contributed by atoms with Crippen LogP contribution in [0.3, 0.4) is 0 Å². The van der Waals surface area contributed by atoms with Gasteiger partial charge in [-0.3, -0.25) is 0 Å². The maximum atomic E-state index is 11.5. The lowest BCUT2D eigenvalue weighted by Crippen LogP contribution is -2.11. The van der Waals surface area contributed by atoms with E-state index in [9.17, 15) is 8.42 Å². The van der Waals surface area contributed by atoms with Gasteiger partial charge in [0.2, 0.25) is 10.0 Å². The van der Waals surface area contributed by atoms with Crippen molar-refractivity contribution in [2.24, 2.45) is 5.14 Å². The Kier molecular flexibility index (Phi) is 4.95. The number of fused-ring (bicyclic) bond motifs is 1. The first-order chi connectivity index (χ1) is 9.86. The highest BCUT2D eigenvalue weighted by Gasteiger charge is 2.16. The first kappa shape index (κ1) is 16.3. The third-order valence-corrected chi connectivity index (χ3v) is 5.51. The SMILES string of the molecule is CCCn1c(S[C@@H](C)CC)nc2cc(S(N)(=O)=O)ccc21. The fraction of sp³-hybridized carbons (Fsp3) is 0.500. The third-order valence-electron chi connectivity index (χ3n) is 3.34. The summed E-state index contributed by atoms with van der Waals surface area (Å²) in [6.45, 7) is 7.28. The normalized spacial score (nSPS) is 13.7. The van der Waals surface area contributed by atoms with E-state index in [1.165, 1.54) is 0 Å². The predicted molar refractivity (Wildman–Crippen MR) is 87.0 cm³/mol. The predicted octanol–water partition coefficient (Wildman–Crippen LogP) is 2.98. The molecule has 0 radical (unpaired) electrons. The average Bonchev–Trinajstić information content (AvgIpc) is 2.75. The molecule has 0 fully saturated rings. The number of thioether (sulfide) groups is 1. The largest absolute Gasteiger partial charge is 0.319 e. The molecular weight excluding hydrogens is 306 g/mol. The Hall–Kier alpha value is -1.05. The number of imidazole rings is 1. The summed E-state index contributed by atoms with van der Waals surface area (Å²) in [5.74, 6) is 0. The first-order valence-corrected chi connectivity index (χ1v) is 9.49. The molecule has 2 rings (SSSR count). The van der Waals surface area contributed by atoms with Gasteiger partial charge in [0.1, 0.15) is 0 Å². The second-order valence-electron chi connectivity index (χ2n) is 5.08. The molecular formula is C14H21N3O2S2. The summed E-state index contributed by atoms with van der Waals surface area (Å²) in [7, 11) is -3.69. The van der Waals surface area contributed by atoms with Crippen molar-refractivity contribution in [2.75, 3.05) is 0 Å². The van der Waals surface area contributed by atoms with Crippen molar-refractivity contribution < 1.29 is 8.42 Å². The topological polar surface area (TPSA) is 78.0 Å². The molecule has 0 amide bonds. The van der Waals surface area contributed by atoms with Gasteiger partial charge in [-0.05, 0) is 31.0 Å². The summed E-state index contributed by atoms with van der Waals surface area (Å²) in [6.07, 6.45) is 2.05. The minimum absolute atomic E-state index is 0.108. The van der Waals surface area contributed by atoms with Gasteiger partial charge >= 0.3 is 0 Å². The van der Waals surface area contributed by atoms with Crippen LogP contribution in [-0.4, -0.2) is 23.2 Å². The van der Waals surface area contributed by atoms with Crippen molar-refractivity contribution >= 4 is 32.8 Å². The molecule has 2 aromatic rings. The number of hydrogen-bond acceptors (Lipinski definition) is 4. The van der Waals surface area contributed by atoms with Gasteiger partial charge in [0.15, 0.2) is 5.16 Å². The first-order valence-electron chi connectivity index (χ1n) is 7.06. The van der Waals surface area contributed by atoms with Crippen LogP contribution < -0.4 is 5.14 Å². The van der Waals surface area contributed by atoms with E-state index in [0.717, 1.165) is 30.1 Å². The van der Waals surface area contributed by atoms with Crippen LogP contribution in [0.5, 0.6) is 0 Å². The van der Waals surface area contributed by atoms with Gasteiger partial charge in [0.05, 0.1) is 15.9 Å². The highest BCUT2D eigenvalue weighted by Crippen LogP contribution is 2.29. The van der Waals surface area contributed by atoms with Crippen LogP contribution in [0, 0.1) is 0 Å². The zero-order valence-electron chi connectivity index (χ0n) is 12.5. The Morgan fingerprint density at radius 3 is 2.67 bits per heavy atom. The van der Waals surface area contributed by atoms with Crippen molar-refractivity contribution in [3.8, 4) is 0 Å². The molecule has 1 aromatic carbocycles. The van der Waals surface area contributed by atoms with E-state index in [1.807, 2.05) is 0 Å². The van der Waals surface area contributed by atoms with Crippen LogP contribution in [0.4, 0.5) is 0 Å². The number of hydrogen-bond donors (Lipinski definition) is 1. The molecule has 116 valence electrons. The Balaban J connectivity index is 2.55.